The molecule has 130 valence electrons. The van der Waals surface area contributed by atoms with Crippen LogP contribution in [0.2, 0.25) is 0 Å². The summed E-state index contributed by atoms with van der Waals surface area (Å²) in [5, 5.41) is 11.4. The lowest BCUT2D eigenvalue weighted by molar-refractivity contribution is 0.632. The zero-order valence-electron chi connectivity index (χ0n) is 14.5. The maximum absolute atomic E-state index is 4.56. The van der Waals surface area contributed by atoms with E-state index >= 15 is 0 Å². The first-order chi connectivity index (χ1) is 12.3. The lowest BCUT2D eigenvalue weighted by Gasteiger charge is -2.07. The van der Waals surface area contributed by atoms with Gasteiger partial charge in [-0.2, -0.15) is 5.10 Å². The minimum atomic E-state index is 0.811. The smallest absolute Gasteiger partial charge is 0.125 e. The van der Waals surface area contributed by atoms with E-state index in [0.29, 0.717) is 0 Å². The van der Waals surface area contributed by atoms with Crippen molar-refractivity contribution in [1.82, 2.24) is 25.1 Å². The van der Waals surface area contributed by atoms with Crippen LogP contribution in [0.3, 0.4) is 0 Å². The molecule has 0 saturated carbocycles. The second-order valence-electron chi connectivity index (χ2n) is 5.94. The second-order valence-corrected chi connectivity index (χ2v) is 5.94. The Bertz CT molecular complexity index is 754. The second kappa shape index (κ2) is 8.94. The Morgan fingerprint density at radius 1 is 1.04 bits per heavy atom. The quantitative estimate of drug-likeness (QED) is 0.588. The molecule has 3 heterocycles. The van der Waals surface area contributed by atoms with Gasteiger partial charge in [0.2, 0.25) is 0 Å². The molecule has 3 aromatic rings. The largest absolute Gasteiger partial charge is 0.370 e. The molecule has 3 rings (SSSR count). The first-order valence-corrected chi connectivity index (χ1v) is 8.61. The van der Waals surface area contributed by atoms with Gasteiger partial charge in [-0.05, 0) is 43.7 Å². The van der Waals surface area contributed by atoms with Crippen molar-refractivity contribution >= 4 is 5.82 Å². The monoisotopic (exact) mass is 336 g/mol. The Labute approximate surface area is 148 Å². The maximum atomic E-state index is 4.56. The Balaban J connectivity index is 1.39. The molecule has 0 aliphatic carbocycles. The summed E-state index contributed by atoms with van der Waals surface area (Å²) < 4.78 is 1.86. The normalized spacial score (nSPS) is 10.8. The lowest BCUT2D eigenvalue weighted by Crippen LogP contribution is -2.16. The Hall–Kier alpha value is -2.73. The Morgan fingerprint density at radius 3 is 2.76 bits per heavy atom. The van der Waals surface area contributed by atoms with Crippen LogP contribution in [0.5, 0.6) is 0 Å². The molecular formula is C19H24N6. The predicted octanol–water partition coefficient (Wildman–Crippen LogP) is 2.86. The van der Waals surface area contributed by atoms with Gasteiger partial charge >= 0.3 is 0 Å². The maximum Gasteiger partial charge on any atom is 0.125 e. The molecule has 2 N–H and O–H groups in total. The average Bonchev–Trinajstić information content (AvgIpc) is 3.03. The van der Waals surface area contributed by atoms with E-state index in [1.54, 1.807) is 12.4 Å². The zero-order valence-corrected chi connectivity index (χ0v) is 14.5. The number of anilines is 1. The first kappa shape index (κ1) is 17.1. The highest BCUT2D eigenvalue weighted by Crippen LogP contribution is 2.20. The molecule has 6 nitrogen and oxygen atoms in total. The van der Waals surface area contributed by atoms with E-state index in [0.717, 1.165) is 49.6 Å². The summed E-state index contributed by atoms with van der Waals surface area (Å²) in [4.78, 5) is 8.44. The van der Waals surface area contributed by atoms with Crippen molar-refractivity contribution in [3.8, 4) is 11.3 Å². The Morgan fingerprint density at radius 2 is 1.96 bits per heavy atom. The van der Waals surface area contributed by atoms with E-state index in [1.165, 1.54) is 5.56 Å². The van der Waals surface area contributed by atoms with E-state index < -0.39 is 0 Å². The van der Waals surface area contributed by atoms with E-state index in [1.807, 2.05) is 48.3 Å². The number of nitrogens with one attached hydrogen (secondary N) is 2. The van der Waals surface area contributed by atoms with Crippen molar-refractivity contribution in [2.24, 2.45) is 7.05 Å². The van der Waals surface area contributed by atoms with Crippen molar-refractivity contribution in [1.29, 1.82) is 0 Å². The summed E-state index contributed by atoms with van der Waals surface area (Å²) in [5.74, 6) is 0.937. The van der Waals surface area contributed by atoms with Crippen molar-refractivity contribution < 1.29 is 0 Å². The van der Waals surface area contributed by atoms with Crippen LogP contribution in [0.15, 0.2) is 55.1 Å². The van der Waals surface area contributed by atoms with Gasteiger partial charge in [-0.25, -0.2) is 4.98 Å². The average molecular weight is 336 g/mol. The molecule has 0 aliphatic heterocycles. The fourth-order valence-corrected chi connectivity index (χ4v) is 2.69. The van der Waals surface area contributed by atoms with E-state index in [-0.39, 0.29) is 0 Å². The van der Waals surface area contributed by atoms with Crippen molar-refractivity contribution in [2.75, 3.05) is 18.4 Å². The number of rotatable bonds is 9. The molecule has 0 saturated heterocycles. The molecule has 0 aliphatic rings. The summed E-state index contributed by atoms with van der Waals surface area (Å²) in [5.41, 5.74) is 3.25. The summed E-state index contributed by atoms with van der Waals surface area (Å²) in [6, 6.07) is 9.89. The van der Waals surface area contributed by atoms with E-state index in [2.05, 4.69) is 31.9 Å². The van der Waals surface area contributed by atoms with Crippen LogP contribution >= 0.6 is 0 Å². The van der Waals surface area contributed by atoms with Gasteiger partial charge in [0.25, 0.3) is 0 Å². The van der Waals surface area contributed by atoms with Gasteiger partial charge in [0.05, 0.1) is 5.69 Å². The number of hydrogen-bond acceptors (Lipinski definition) is 5. The van der Waals surface area contributed by atoms with E-state index in [4.69, 9.17) is 0 Å². The standard InChI is InChI=1S/C19H24N6/c1-25-15-17(19(24-25)16-7-6-10-21-13-16)14-20-9-4-5-12-23-18-8-2-3-11-22-18/h2-3,6-8,10-11,13,15,20H,4-5,9,12,14H2,1H3,(H,22,23). The van der Waals surface area contributed by atoms with Gasteiger partial charge in [-0.3, -0.25) is 9.67 Å². The van der Waals surface area contributed by atoms with Crippen molar-refractivity contribution in [3.05, 3.63) is 60.7 Å². The third-order valence-electron chi connectivity index (χ3n) is 3.91. The topological polar surface area (TPSA) is 67.7 Å². The van der Waals surface area contributed by atoms with Crippen LogP contribution in [-0.2, 0) is 13.6 Å². The third-order valence-corrected chi connectivity index (χ3v) is 3.91. The summed E-state index contributed by atoms with van der Waals surface area (Å²) >= 11 is 0. The molecule has 6 heteroatoms. The number of pyridine rings is 2. The SMILES string of the molecule is Cn1cc(CNCCCCNc2ccccn2)c(-c2cccnc2)n1. The number of aryl methyl sites for hydroxylation is 1. The van der Waals surface area contributed by atoms with Crippen molar-refractivity contribution in [3.63, 3.8) is 0 Å². The van der Waals surface area contributed by atoms with Gasteiger partial charge in [-0.1, -0.05) is 6.07 Å². The van der Waals surface area contributed by atoms with Crippen LogP contribution in [-0.4, -0.2) is 32.8 Å². The first-order valence-electron chi connectivity index (χ1n) is 8.61. The highest BCUT2D eigenvalue weighted by atomic mass is 15.3. The molecule has 25 heavy (non-hydrogen) atoms. The number of hydrogen-bond donors (Lipinski definition) is 2. The molecule has 0 fully saturated rings. The van der Waals surface area contributed by atoms with Crippen LogP contribution in [0.1, 0.15) is 18.4 Å². The fourth-order valence-electron chi connectivity index (χ4n) is 2.69. The Kier molecular flexibility index (Phi) is 6.11. The molecule has 0 spiro atoms. The van der Waals surface area contributed by atoms with Gasteiger partial charge in [0.1, 0.15) is 5.82 Å². The highest BCUT2D eigenvalue weighted by molar-refractivity contribution is 5.61. The molecule has 0 bridgehead atoms. The van der Waals surface area contributed by atoms with Crippen molar-refractivity contribution in [2.45, 2.75) is 19.4 Å². The molecule has 0 unspecified atom stereocenters. The molecule has 0 atom stereocenters. The van der Waals surface area contributed by atoms with E-state index in [9.17, 15) is 0 Å². The molecular weight excluding hydrogens is 312 g/mol. The molecule has 0 amide bonds. The van der Waals surface area contributed by atoms with Crippen LogP contribution < -0.4 is 10.6 Å². The summed E-state index contributed by atoms with van der Waals surface area (Å²) in [7, 11) is 1.95. The summed E-state index contributed by atoms with van der Waals surface area (Å²) in [6.07, 6.45) is 9.72. The highest BCUT2D eigenvalue weighted by Gasteiger charge is 2.09. The number of aromatic nitrogens is 4. The minimum Gasteiger partial charge on any atom is -0.370 e. The predicted molar refractivity (Wildman–Crippen MR) is 100 cm³/mol. The minimum absolute atomic E-state index is 0.811. The van der Waals surface area contributed by atoms with Gasteiger partial charge < -0.3 is 10.6 Å². The fraction of sp³-hybridized carbons (Fsp3) is 0.316. The van der Waals surface area contributed by atoms with Gasteiger partial charge in [-0.15, -0.1) is 0 Å². The lowest BCUT2D eigenvalue weighted by atomic mass is 10.1. The number of unbranched alkanes of at least 4 members (excludes halogenated alkanes) is 1. The summed E-state index contributed by atoms with van der Waals surface area (Å²) in [6.45, 7) is 2.73. The molecule has 0 radical (unpaired) electrons. The van der Waals surface area contributed by atoms with Crippen LogP contribution in [0, 0.1) is 0 Å². The van der Waals surface area contributed by atoms with Crippen LogP contribution in [0.25, 0.3) is 11.3 Å². The third kappa shape index (κ3) is 5.12. The zero-order chi connectivity index (χ0) is 17.3. The van der Waals surface area contributed by atoms with Gasteiger partial charge in [0.15, 0.2) is 0 Å². The van der Waals surface area contributed by atoms with Crippen LogP contribution in [0.4, 0.5) is 5.82 Å². The molecule has 3 aromatic heterocycles. The molecule has 0 aromatic carbocycles. The van der Waals surface area contributed by atoms with Gasteiger partial charge in [0, 0.05) is 56.1 Å². The number of nitrogens with zero attached hydrogens (tertiary/aromatic N) is 4.